The van der Waals surface area contributed by atoms with E-state index in [1.807, 2.05) is 19.1 Å². The van der Waals surface area contributed by atoms with Crippen LogP contribution < -0.4 is 10.6 Å². The summed E-state index contributed by atoms with van der Waals surface area (Å²) >= 11 is 0. The molecule has 2 N–H and O–H groups in total. The number of halogens is 3. The van der Waals surface area contributed by atoms with Crippen molar-refractivity contribution < 1.29 is 27.5 Å². The van der Waals surface area contributed by atoms with Crippen molar-refractivity contribution in [2.75, 3.05) is 18.5 Å². The van der Waals surface area contributed by atoms with Crippen molar-refractivity contribution in [2.45, 2.75) is 32.5 Å². The molecule has 1 unspecified atom stereocenters. The number of anilines is 1. The zero-order valence-electron chi connectivity index (χ0n) is 12.9. The molecule has 23 heavy (non-hydrogen) atoms. The molecule has 8 heteroatoms. The van der Waals surface area contributed by atoms with Gasteiger partial charge in [-0.15, -0.1) is 0 Å². The molecular formula is C15H19F3N2O3. The average Bonchev–Trinajstić information content (AvgIpc) is 2.50. The Morgan fingerprint density at radius 1 is 1.26 bits per heavy atom. The number of amides is 2. The number of alkyl halides is 3. The van der Waals surface area contributed by atoms with E-state index in [-0.39, 0.29) is 6.54 Å². The number of carbonyl (C=O) groups excluding carboxylic acids is 2. The van der Waals surface area contributed by atoms with Crippen LogP contribution in [0.4, 0.5) is 18.9 Å². The Labute approximate surface area is 132 Å². The molecule has 0 aliphatic heterocycles. The van der Waals surface area contributed by atoms with E-state index in [2.05, 4.69) is 15.4 Å². The summed E-state index contributed by atoms with van der Waals surface area (Å²) in [6.07, 6.45) is -5.08. The van der Waals surface area contributed by atoms with Crippen LogP contribution >= 0.6 is 0 Å². The van der Waals surface area contributed by atoms with Gasteiger partial charge in [-0.25, -0.2) is 0 Å². The number of rotatable bonds is 7. The van der Waals surface area contributed by atoms with Crippen LogP contribution in [0.5, 0.6) is 0 Å². The van der Waals surface area contributed by atoms with E-state index in [9.17, 15) is 22.8 Å². The van der Waals surface area contributed by atoms with Gasteiger partial charge in [0.15, 0.2) is 0 Å². The molecule has 1 aromatic rings. The largest absolute Gasteiger partial charge is 0.411 e. The highest BCUT2D eigenvalue weighted by Gasteiger charge is 2.29. The lowest BCUT2D eigenvalue weighted by molar-refractivity contribution is -0.185. The summed E-state index contributed by atoms with van der Waals surface area (Å²) in [7, 11) is 0. The molecule has 0 radical (unpaired) electrons. The van der Waals surface area contributed by atoms with Crippen LogP contribution in [0.15, 0.2) is 24.3 Å². The van der Waals surface area contributed by atoms with E-state index in [1.165, 1.54) is 6.92 Å². The maximum Gasteiger partial charge on any atom is 0.411 e. The summed E-state index contributed by atoms with van der Waals surface area (Å²) < 4.78 is 40.3. The summed E-state index contributed by atoms with van der Waals surface area (Å²) in [5, 5.41) is 4.87. The Morgan fingerprint density at radius 3 is 2.52 bits per heavy atom. The Bertz CT molecular complexity index is 547. The summed E-state index contributed by atoms with van der Waals surface area (Å²) in [5.74, 6) is -1.25. The predicted octanol–water partition coefficient (Wildman–Crippen LogP) is 2.27. The smallest absolute Gasteiger partial charge is 0.359 e. The highest BCUT2D eigenvalue weighted by atomic mass is 19.4. The van der Waals surface area contributed by atoms with Gasteiger partial charge in [0.25, 0.3) is 0 Å². The second-order valence-electron chi connectivity index (χ2n) is 4.85. The van der Waals surface area contributed by atoms with Gasteiger partial charge >= 0.3 is 6.18 Å². The monoisotopic (exact) mass is 332 g/mol. The van der Waals surface area contributed by atoms with Crippen LogP contribution in [-0.2, 0) is 20.7 Å². The Hall–Kier alpha value is -2.09. The van der Waals surface area contributed by atoms with Gasteiger partial charge in [-0.3, -0.25) is 9.59 Å². The van der Waals surface area contributed by atoms with Gasteiger partial charge in [0.2, 0.25) is 11.8 Å². The molecule has 0 spiro atoms. The fourth-order valence-corrected chi connectivity index (χ4v) is 1.75. The first-order valence-corrected chi connectivity index (χ1v) is 7.06. The van der Waals surface area contributed by atoms with Crippen LogP contribution in [0.25, 0.3) is 0 Å². The number of nitrogens with one attached hydrogen (secondary N) is 2. The first-order valence-electron chi connectivity index (χ1n) is 7.06. The van der Waals surface area contributed by atoms with E-state index in [0.29, 0.717) is 5.69 Å². The number of ether oxygens (including phenoxy) is 1. The molecule has 0 aromatic heterocycles. The molecule has 0 saturated carbocycles. The Morgan fingerprint density at radius 2 is 1.91 bits per heavy atom. The van der Waals surface area contributed by atoms with Crippen molar-refractivity contribution >= 4 is 17.5 Å². The SMILES string of the molecule is CCc1ccccc1NC(=O)CNC(=O)C(C)OCC(F)(F)F. The average molecular weight is 332 g/mol. The second-order valence-corrected chi connectivity index (χ2v) is 4.85. The lowest BCUT2D eigenvalue weighted by Gasteiger charge is -2.15. The number of hydrogen-bond acceptors (Lipinski definition) is 3. The number of benzene rings is 1. The minimum absolute atomic E-state index is 0.351. The molecule has 128 valence electrons. The second kappa shape index (κ2) is 8.52. The molecular weight excluding hydrogens is 313 g/mol. The summed E-state index contributed by atoms with van der Waals surface area (Å²) in [6.45, 7) is 1.26. The van der Waals surface area contributed by atoms with Crippen molar-refractivity contribution in [3.8, 4) is 0 Å². The fourth-order valence-electron chi connectivity index (χ4n) is 1.75. The molecule has 1 aromatic carbocycles. The fraction of sp³-hybridized carbons (Fsp3) is 0.467. The van der Waals surface area contributed by atoms with Crippen molar-refractivity contribution in [1.82, 2.24) is 5.32 Å². The van der Waals surface area contributed by atoms with E-state index < -0.39 is 30.7 Å². The van der Waals surface area contributed by atoms with Crippen LogP contribution in [0.1, 0.15) is 19.4 Å². The minimum atomic E-state index is -4.50. The zero-order valence-corrected chi connectivity index (χ0v) is 12.9. The van der Waals surface area contributed by atoms with Crippen molar-refractivity contribution in [1.29, 1.82) is 0 Å². The normalized spacial score (nSPS) is 12.6. The van der Waals surface area contributed by atoms with Crippen LogP contribution in [0.3, 0.4) is 0 Å². The molecule has 2 amide bonds. The minimum Gasteiger partial charge on any atom is -0.359 e. The number of aryl methyl sites for hydroxylation is 1. The lowest BCUT2D eigenvalue weighted by Crippen LogP contribution is -2.40. The molecule has 0 bridgehead atoms. The molecule has 0 aliphatic rings. The Balaban J connectivity index is 2.42. The van der Waals surface area contributed by atoms with Gasteiger partial charge in [-0.05, 0) is 25.0 Å². The Kier molecular flexibility index (Phi) is 7.02. The van der Waals surface area contributed by atoms with E-state index >= 15 is 0 Å². The number of carbonyl (C=O) groups is 2. The topological polar surface area (TPSA) is 67.4 Å². The van der Waals surface area contributed by atoms with Gasteiger partial charge in [-0.2, -0.15) is 13.2 Å². The van der Waals surface area contributed by atoms with Crippen molar-refractivity contribution in [3.05, 3.63) is 29.8 Å². The zero-order chi connectivity index (χ0) is 17.5. The third-order valence-corrected chi connectivity index (χ3v) is 2.96. The summed E-state index contributed by atoms with van der Waals surface area (Å²) in [5.41, 5.74) is 1.57. The molecule has 0 fully saturated rings. The lowest BCUT2D eigenvalue weighted by atomic mass is 10.1. The van der Waals surface area contributed by atoms with Gasteiger partial charge in [-0.1, -0.05) is 25.1 Å². The van der Waals surface area contributed by atoms with Crippen molar-refractivity contribution in [3.63, 3.8) is 0 Å². The summed E-state index contributed by atoms with van der Waals surface area (Å²) in [6, 6.07) is 7.20. The quantitative estimate of drug-likeness (QED) is 0.805. The highest BCUT2D eigenvalue weighted by molar-refractivity contribution is 5.95. The third-order valence-electron chi connectivity index (χ3n) is 2.96. The number of hydrogen-bond donors (Lipinski definition) is 2. The van der Waals surface area contributed by atoms with Crippen LogP contribution in [-0.4, -0.2) is 37.2 Å². The van der Waals surface area contributed by atoms with E-state index in [0.717, 1.165) is 12.0 Å². The molecule has 0 aliphatic carbocycles. The van der Waals surface area contributed by atoms with Crippen molar-refractivity contribution in [2.24, 2.45) is 0 Å². The van der Waals surface area contributed by atoms with Gasteiger partial charge in [0.1, 0.15) is 12.7 Å². The third kappa shape index (κ3) is 7.14. The van der Waals surface area contributed by atoms with Crippen LogP contribution in [0, 0.1) is 0 Å². The van der Waals surface area contributed by atoms with Crippen LogP contribution in [0.2, 0.25) is 0 Å². The maximum atomic E-state index is 12.0. The van der Waals surface area contributed by atoms with Gasteiger partial charge in [0, 0.05) is 5.69 Å². The van der Waals surface area contributed by atoms with Gasteiger partial charge in [0.05, 0.1) is 6.54 Å². The van der Waals surface area contributed by atoms with E-state index in [4.69, 9.17) is 0 Å². The maximum absolute atomic E-state index is 12.0. The molecule has 1 atom stereocenters. The summed E-state index contributed by atoms with van der Waals surface area (Å²) in [4.78, 5) is 23.3. The molecule has 5 nitrogen and oxygen atoms in total. The number of para-hydroxylation sites is 1. The predicted molar refractivity (Wildman–Crippen MR) is 78.9 cm³/mol. The molecule has 1 rings (SSSR count). The first kappa shape index (κ1) is 19.0. The first-order chi connectivity index (χ1) is 10.7. The molecule has 0 saturated heterocycles. The highest BCUT2D eigenvalue weighted by Crippen LogP contribution is 2.16. The van der Waals surface area contributed by atoms with Gasteiger partial charge < -0.3 is 15.4 Å². The van der Waals surface area contributed by atoms with E-state index in [1.54, 1.807) is 12.1 Å². The molecule has 0 heterocycles. The standard InChI is InChI=1S/C15H19F3N2O3/c1-3-11-6-4-5-7-12(11)20-13(21)8-19-14(22)10(2)23-9-15(16,17)18/h4-7,10H,3,8-9H2,1-2H3,(H,19,22)(H,20,21).